The maximum Gasteiger partial charge on any atom is 0.416 e. The normalized spacial score (nSPS) is 12.2. The van der Waals surface area contributed by atoms with Gasteiger partial charge in [0.05, 0.1) is 58.7 Å². The number of alkyl halides is 3. The summed E-state index contributed by atoms with van der Waals surface area (Å²) in [5.74, 6) is 0. The van der Waals surface area contributed by atoms with Crippen molar-refractivity contribution in [2.75, 3.05) is 6.61 Å². The highest BCUT2D eigenvalue weighted by Gasteiger charge is 2.31. The molecule has 0 aliphatic carbocycles. The molecule has 38 heavy (non-hydrogen) atoms. The van der Waals surface area contributed by atoms with E-state index in [0.29, 0.717) is 22.4 Å². The van der Waals surface area contributed by atoms with E-state index in [9.17, 15) is 27.9 Å². The van der Waals surface area contributed by atoms with Crippen molar-refractivity contribution in [1.29, 1.82) is 5.26 Å². The second-order valence-electron chi connectivity index (χ2n) is 8.71. The first kappa shape index (κ1) is 26.4. The molecular weight excluding hydrogens is 499 g/mol. The fourth-order valence-corrected chi connectivity index (χ4v) is 4.01. The van der Waals surface area contributed by atoms with Gasteiger partial charge >= 0.3 is 11.9 Å². The Bertz CT molecular complexity index is 1690. The second kappa shape index (κ2) is 9.99. The SMILES string of the molecule is C=C(C)c1cnn(-c2ccc(C#N)cc2)c1-c1cn(-c2cccc(C(F)(F)F)c2)c(=O)n([C@H](C)CO)c1=O. The lowest BCUT2D eigenvalue weighted by atomic mass is 10.0. The largest absolute Gasteiger partial charge is 0.416 e. The van der Waals surface area contributed by atoms with Gasteiger partial charge in [-0.2, -0.15) is 23.5 Å². The van der Waals surface area contributed by atoms with Crippen LogP contribution in [0.3, 0.4) is 0 Å². The highest BCUT2D eigenvalue weighted by molar-refractivity contribution is 5.78. The van der Waals surface area contributed by atoms with Crippen LogP contribution in [0, 0.1) is 11.3 Å². The van der Waals surface area contributed by atoms with Crippen molar-refractivity contribution >= 4 is 5.57 Å². The highest BCUT2D eigenvalue weighted by Crippen LogP contribution is 2.31. The van der Waals surface area contributed by atoms with Gasteiger partial charge in [0.2, 0.25) is 0 Å². The summed E-state index contributed by atoms with van der Waals surface area (Å²) in [6.07, 6.45) is -2.00. The quantitative estimate of drug-likeness (QED) is 0.407. The van der Waals surface area contributed by atoms with Crippen LogP contribution < -0.4 is 11.2 Å². The van der Waals surface area contributed by atoms with Crippen LogP contribution in [-0.2, 0) is 6.18 Å². The van der Waals surface area contributed by atoms with Crippen molar-refractivity contribution < 1.29 is 18.3 Å². The van der Waals surface area contributed by atoms with Crippen LogP contribution in [0.4, 0.5) is 13.2 Å². The summed E-state index contributed by atoms with van der Waals surface area (Å²) in [5.41, 5.74) is -0.688. The van der Waals surface area contributed by atoms with E-state index >= 15 is 0 Å². The molecule has 0 radical (unpaired) electrons. The van der Waals surface area contributed by atoms with E-state index in [-0.39, 0.29) is 16.9 Å². The van der Waals surface area contributed by atoms with E-state index in [1.807, 2.05) is 6.07 Å². The number of nitriles is 1. The zero-order valence-corrected chi connectivity index (χ0v) is 20.4. The van der Waals surface area contributed by atoms with Crippen molar-refractivity contribution in [3.63, 3.8) is 0 Å². The van der Waals surface area contributed by atoms with E-state index in [0.717, 1.165) is 27.3 Å². The predicted octanol–water partition coefficient (Wildman–Crippen LogP) is 4.33. The van der Waals surface area contributed by atoms with Gasteiger partial charge in [-0.3, -0.25) is 13.9 Å². The zero-order chi connectivity index (χ0) is 27.8. The minimum absolute atomic E-state index is 0.0535. The molecule has 0 saturated heterocycles. The number of aromatic nitrogens is 4. The lowest BCUT2D eigenvalue weighted by Gasteiger charge is -2.19. The molecule has 0 saturated carbocycles. The smallest absolute Gasteiger partial charge is 0.394 e. The fraction of sp³-hybridized carbons (Fsp3) is 0.185. The lowest BCUT2D eigenvalue weighted by molar-refractivity contribution is -0.137. The van der Waals surface area contributed by atoms with Crippen molar-refractivity contribution in [2.45, 2.75) is 26.1 Å². The van der Waals surface area contributed by atoms with Gasteiger partial charge < -0.3 is 5.11 Å². The Morgan fingerprint density at radius 1 is 1.16 bits per heavy atom. The average molecular weight is 521 g/mol. The van der Waals surface area contributed by atoms with Gasteiger partial charge in [0.15, 0.2) is 0 Å². The first-order valence-corrected chi connectivity index (χ1v) is 11.4. The topological polar surface area (TPSA) is 106 Å². The maximum absolute atomic E-state index is 13.7. The van der Waals surface area contributed by atoms with Crippen LogP contribution in [0.25, 0.3) is 28.2 Å². The Balaban J connectivity index is 2.09. The van der Waals surface area contributed by atoms with E-state index < -0.39 is 35.6 Å². The molecule has 2 aromatic carbocycles. The first-order valence-electron chi connectivity index (χ1n) is 11.4. The molecule has 8 nitrogen and oxygen atoms in total. The molecule has 0 bridgehead atoms. The number of hydrogen-bond donors (Lipinski definition) is 1. The minimum Gasteiger partial charge on any atom is -0.394 e. The van der Waals surface area contributed by atoms with Gasteiger partial charge in [-0.1, -0.05) is 12.6 Å². The molecule has 0 spiro atoms. The molecule has 2 heterocycles. The standard InChI is InChI=1S/C27H22F3N5O3/c1-16(2)22-13-32-35(20-9-7-18(12-31)8-10-20)24(22)23-14-33(26(38)34(25(23)37)17(3)15-36)21-6-4-5-19(11-21)27(28,29)30/h4-11,13-14,17,36H,1,15H2,2-3H3/t17-/m1/s1. The molecular formula is C27H22F3N5O3. The lowest BCUT2D eigenvalue weighted by Crippen LogP contribution is -2.42. The zero-order valence-electron chi connectivity index (χ0n) is 20.4. The first-order chi connectivity index (χ1) is 18.0. The molecule has 4 rings (SSSR count). The molecule has 0 amide bonds. The fourth-order valence-electron chi connectivity index (χ4n) is 4.01. The highest BCUT2D eigenvalue weighted by atomic mass is 19.4. The van der Waals surface area contributed by atoms with Gasteiger partial charge in [0, 0.05) is 11.8 Å². The predicted molar refractivity (Wildman–Crippen MR) is 135 cm³/mol. The molecule has 0 unspecified atom stereocenters. The number of nitrogens with zero attached hydrogens (tertiary/aromatic N) is 5. The van der Waals surface area contributed by atoms with Crippen LogP contribution in [0.5, 0.6) is 0 Å². The van der Waals surface area contributed by atoms with Crippen molar-refractivity contribution in [3.8, 4) is 28.7 Å². The Hall–Kier alpha value is -4.69. The van der Waals surface area contributed by atoms with Crippen molar-refractivity contribution in [2.24, 2.45) is 0 Å². The summed E-state index contributed by atoms with van der Waals surface area (Å²) < 4.78 is 43.5. The van der Waals surface area contributed by atoms with Crippen molar-refractivity contribution in [1.82, 2.24) is 18.9 Å². The summed E-state index contributed by atoms with van der Waals surface area (Å²) in [6.45, 7) is 6.52. The molecule has 11 heteroatoms. The molecule has 1 N–H and O–H groups in total. The van der Waals surface area contributed by atoms with Crippen LogP contribution in [0.15, 0.2) is 77.1 Å². The van der Waals surface area contributed by atoms with E-state index in [4.69, 9.17) is 5.26 Å². The number of aliphatic hydroxyl groups excluding tert-OH is 1. The number of allylic oxidation sites excluding steroid dienone is 1. The summed E-state index contributed by atoms with van der Waals surface area (Å²) in [5, 5.41) is 23.3. The van der Waals surface area contributed by atoms with Crippen molar-refractivity contribution in [3.05, 3.63) is 105 Å². The Morgan fingerprint density at radius 2 is 1.84 bits per heavy atom. The van der Waals surface area contributed by atoms with Gasteiger partial charge in [0.1, 0.15) is 0 Å². The summed E-state index contributed by atoms with van der Waals surface area (Å²) >= 11 is 0. The summed E-state index contributed by atoms with van der Waals surface area (Å²) in [6, 6.07) is 11.6. The number of halogens is 3. The molecule has 1 atom stereocenters. The number of benzene rings is 2. The Kier molecular flexibility index (Phi) is 6.93. The molecule has 4 aromatic rings. The summed E-state index contributed by atoms with van der Waals surface area (Å²) in [4.78, 5) is 27.1. The van der Waals surface area contributed by atoms with E-state index in [1.54, 1.807) is 31.2 Å². The number of aliphatic hydroxyl groups is 1. The van der Waals surface area contributed by atoms with Gasteiger partial charge in [0.25, 0.3) is 5.56 Å². The molecule has 0 aliphatic heterocycles. The van der Waals surface area contributed by atoms with Crippen LogP contribution in [0.2, 0.25) is 0 Å². The third-order valence-corrected chi connectivity index (χ3v) is 6.00. The summed E-state index contributed by atoms with van der Waals surface area (Å²) in [7, 11) is 0. The second-order valence-corrected chi connectivity index (χ2v) is 8.71. The van der Waals surface area contributed by atoms with Gasteiger partial charge in [-0.25, -0.2) is 9.48 Å². The van der Waals surface area contributed by atoms with Gasteiger partial charge in [-0.05, 0) is 61.9 Å². The number of rotatable bonds is 6. The molecule has 0 fully saturated rings. The Morgan fingerprint density at radius 3 is 2.42 bits per heavy atom. The van der Waals surface area contributed by atoms with Crippen LogP contribution >= 0.6 is 0 Å². The minimum atomic E-state index is -4.66. The van der Waals surface area contributed by atoms with E-state index in [1.165, 1.54) is 30.1 Å². The maximum atomic E-state index is 13.7. The molecule has 2 aromatic heterocycles. The average Bonchev–Trinajstić information content (AvgIpc) is 3.33. The van der Waals surface area contributed by atoms with Crippen LogP contribution in [0.1, 0.15) is 36.6 Å². The van der Waals surface area contributed by atoms with E-state index in [2.05, 4.69) is 11.7 Å². The van der Waals surface area contributed by atoms with Crippen LogP contribution in [-0.4, -0.2) is 30.6 Å². The molecule has 194 valence electrons. The Labute approximate surface area is 214 Å². The van der Waals surface area contributed by atoms with Gasteiger partial charge in [-0.15, -0.1) is 0 Å². The number of hydrogen-bond acceptors (Lipinski definition) is 5. The third-order valence-electron chi connectivity index (χ3n) is 6.00. The third kappa shape index (κ3) is 4.69. The monoisotopic (exact) mass is 521 g/mol. The molecule has 0 aliphatic rings.